The average molecular weight is 1220 g/mol. The molecule has 6 aliphatic carbocycles. The molecule has 4 aromatic carbocycles. The molecule has 6 aliphatic rings. The van der Waals surface area contributed by atoms with Gasteiger partial charge in [-0.15, -0.1) is 0 Å². The van der Waals surface area contributed by atoms with Gasteiger partial charge >= 0.3 is 0 Å². The van der Waals surface area contributed by atoms with Crippen molar-refractivity contribution in [1.82, 2.24) is 15.1 Å². The monoisotopic (exact) mass is 1220 g/mol. The molecule has 0 unspecified atom stereocenters. The molecule has 0 radical (unpaired) electrons. The van der Waals surface area contributed by atoms with Crippen molar-refractivity contribution in [2.45, 2.75) is 49.0 Å². The summed E-state index contributed by atoms with van der Waals surface area (Å²) in [5, 5.41) is 92.8. The Morgan fingerprint density at radius 2 is 0.931 bits per heavy atom. The molecular weight excluding hydrogens is 1150 g/mol. The zero-order chi connectivity index (χ0) is 64.5. The summed E-state index contributed by atoms with van der Waals surface area (Å²) in [7, 11) is 13.3. The molecule has 0 spiro atoms. The number of primary amides is 2. The number of fused-ring (bicyclic) bond motifs is 6. The molecule has 8 atom stereocenters. The van der Waals surface area contributed by atoms with Crippen LogP contribution in [0.25, 0.3) is 11.5 Å². The molecule has 2 fully saturated rings. The summed E-state index contributed by atoms with van der Waals surface area (Å²) in [6.07, 6.45) is -0.118. The molecule has 24 nitrogen and oxygen atoms in total. The summed E-state index contributed by atoms with van der Waals surface area (Å²) < 4.78 is 0. The van der Waals surface area contributed by atoms with E-state index in [9.17, 15) is 79.2 Å². The van der Waals surface area contributed by atoms with Crippen LogP contribution in [-0.2, 0) is 41.6 Å². The number of aromatic hydroxyl groups is 2. The van der Waals surface area contributed by atoms with Gasteiger partial charge in [-0.25, -0.2) is 0 Å². The van der Waals surface area contributed by atoms with Gasteiger partial charge in [-0.05, 0) is 113 Å². The van der Waals surface area contributed by atoms with E-state index in [0.717, 1.165) is 0 Å². The molecular formula is C62H69ClN8O16. The number of Topliss-reactive ketones (excluding diaryl/α,β-unsaturated/α-hetero) is 4. The maximum atomic E-state index is 14.5. The number of aliphatic hydroxyl groups excluding tert-OH is 4. The smallest absolute Gasteiger partial charge is 0.255 e. The van der Waals surface area contributed by atoms with Crippen LogP contribution in [0.4, 0.5) is 11.4 Å². The predicted molar refractivity (Wildman–Crippen MR) is 319 cm³/mol. The molecule has 25 heteroatoms. The summed E-state index contributed by atoms with van der Waals surface area (Å²) in [5.74, 6) is -13.6. The number of carbonyl (C=O) groups is 8. The first-order chi connectivity index (χ1) is 40.7. The van der Waals surface area contributed by atoms with Gasteiger partial charge in [0, 0.05) is 97.6 Å². The second-order valence-electron chi connectivity index (χ2n) is 23.5. The maximum absolute atomic E-state index is 14.5. The van der Waals surface area contributed by atoms with Crippen LogP contribution in [0.3, 0.4) is 0 Å². The van der Waals surface area contributed by atoms with Crippen LogP contribution in [0.2, 0.25) is 0 Å². The fourth-order valence-corrected chi connectivity index (χ4v) is 13.8. The second-order valence-corrected chi connectivity index (χ2v) is 23.8. The fourth-order valence-electron chi connectivity index (χ4n) is 13.7. The number of rotatable bonds is 11. The van der Waals surface area contributed by atoms with E-state index in [1.807, 2.05) is 6.07 Å². The second kappa shape index (κ2) is 23.4. The Bertz CT molecular complexity index is 3730. The van der Waals surface area contributed by atoms with E-state index in [1.54, 1.807) is 119 Å². The zero-order valence-electron chi connectivity index (χ0n) is 48.9. The zero-order valence-corrected chi connectivity index (χ0v) is 49.6. The number of carbonyl (C=O) groups excluding carboxylic acids is 8. The third kappa shape index (κ3) is 10.2. The quantitative estimate of drug-likeness (QED) is 0.0757. The Labute approximate surface area is 504 Å². The van der Waals surface area contributed by atoms with Crippen molar-refractivity contribution in [2.24, 2.45) is 39.9 Å². The highest BCUT2D eigenvalue weighted by atomic mass is 35.5. The van der Waals surface area contributed by atoms with E-state index in [4.69, 9.17) is 28.8 Å². The van der Waals surface area contributed by atoms with Crippen LogP contribution < -0.4 is 32.3 Å². The third-order valence-electron chi connectivity index (χ3n) is 17.6. The van der Waals surface area contributed by atoms with Crippen LogP contribution in [0, 0.1) is 22.7 Å². The minimum absolute atomic E-state index is 0.0124. The molecule has 460 valence electrons. The Hall–Kier alpha value is -8.91. The Kier molecular flexibility index (Phi) is 17.2. The van der Waals surface area contributed by atoms with Gasteiger partial charge in [0.2, 0.25) is 11.6 Å². The standard InChI is InChI=1S/C31H34N4O8.C24H30N4O7.C7H5ClO/c1-34(2)18-10-11-19(36)20-16(18)12-30(14-33-29(42)15-8-6-5-7-9-15)13-17-23(35(3)4)25(38)21(28(32)41)26(39)31(17,43)27(40)22(30)24(20)37;1-27(2)12-5-6-13(29)14-10(12)7-23(9-25)8-11-17(28(3)4)19(31)15(22(26)34)20(32)24(11,35)21(33)16(23)18(14)30;8-7(9)6-4-2-1-3-5-6/h5-11,17,23,36-37,39,43H,12-14H2,1-4H3,(H2,32,41)(H,33,42);5-6,11,17,29-30,32,35H,7-9,25H2,1-4H3,(H2,26,34);1-5H/t17-,23-,30-,31+;11-,17-,23-,24+;/m00./s1. The number of nitrogens with one attached hydrogen (secondary N) is 1. The van der Waals surface area contributed by atoms with Crippen LogP contribution in [0.5, 0.6) is 11.5 Å². The van der Waals surface area contributed by atoms with Crippen molar-refractivity contribution in [3.8, 4) is 11.5 Å². The van der Waals surface area contributed by atoms with E-state index in [-0.39, 0.29) is 72.5 Å². The highest BCUT2D eigenvalue weighted by molar-refractivity contribution is 6.67. The third-order valence-corrected chi connectivity index (χ3v) is 17.8. The largest absolute Gasteiger partial charge is 0.508 e. The Morgan fingerprint density at radius 3 is 1.28 bits per heavy atom. The summed E-state index contributed by atoms with van der Waals surface area (Å²) in [4.78, 5) is 110. The molecule has 0 heterocycles. The summed E-state index contributed by atoms with van der Waals surface area (Å²) in [6.45, 7) is -0.337. The highest BCUT2D eigenvalue weighted by Crippen LogP contribution is 2.61. The Morgan fingerprint density at radius 1 is 0.563 bits per heavy atom. The lowest BCUT2D eigenvalue weighted by Gasteiger charge is -2.55. The molecule has 0 bridgehead atoms. The molecule has 2 saturated carbocycles. The van der Waals surface area contributed by atoms with Gasteiger partial charge in [-0.1, -0.05) is 48.5 Å². The van der Waals surface area contributed by atoms with E-state index in [0.29, 0.717) is 33.6 Å². The lowest BCUT2D eigenvalue weighted by atomic mass is 9.51. The SMILES string of the molecule is CN(C)c1ccc(O)c2c1C[C@@]1(CN)C[C@H]3[C@H](N(C)C)C(=O)C(C(N)=O)=C(O)[C@@]3(O)C(=O)C1=C2O.CN(C)c1ccc(O)c2c1C[C@@]1(CNC(=O)c3ccccc3)C[C@H]3[C@H](N(C)C)C(=O)C(C(N)=O)=C(O)[C@@]3(O)C(=O)C1=C2O.O=C(Cl)c1ccccc1. The lowest BCUT2D eigenvalue weighted by molar-refractivity contribution is -0.158. The number of aliphatic hydroxyl groups is 6. The van der Waals surface area contributed by atoms with Gasteiger partial charge in [0.1, 0.15) is 45.7 Å². The number of phenols is 2. The van der Waals surface area contributed by atoms with Gasteiger partial charge in [0.25, 0.3) is 23.0 Å². The highest BCUT2D eigenvalue weighted by Gasteiger charge is 2.69. The van der Waals surface area contributed by atoms with Crippen molar-refractivity contribution in [3.05, 3.63) is 152 Å². The van der Waals surface area contributed by atoms with Crippen LogP contribution in [0.15, 0.2) is 119 Å². The van der Waals surface area contributed by atoms with E-state index < -0.39 is 126 Å². The molecule has 0 aromatic heterocycles. The number of ketones is 4. The number of phenolic OH excluding ortho intramolecular Hbond substituents is 2. The lowest BCUT2D eigenvalue weighted by Crippen LogP contribution is -2.68. The van der Waals surface area contributed by atoms with Gasteiger partial charge < -0.3 is 73.2 Å². The summed E-state index contributed by atoms with van der Waals surface area (Å²) in [6, 6.07) is 20.7. The van der Waals surface area contributed by atoms with Gasteiger partial charge in [-0.3, -0.25) is 48.2 Å². The average Bonchev–Trinajstić information content (AvgIpc) is 0.698. The molecule has 3 amide bonds. The first-order valence-electron chi connectivity index (χ1n) is 27.4. The molecule has 87 heavy (non-hydrogen) atoms. The number of halogens is 1. The van der Waals surface area contributed by atoms with Gasteiger partial charge in [0.05, 0.1) is 23.2 Å². The minimum atomic E-state index is -2.81. The number of nitrogens with zero attached hydrogens (tertiary/aromatic N) is 4. The number of anilines is 2. The van der Waals surface area contributed by atoms with Crippen molar-refractivity contribution in [1.29, 1.82) is 0 Å². The van der Waals surface area contributed by atoms with Crippen molar-refractivity contribution in [3.63, 3.8) is 0 Å². The number of amides is 3. The number of likely N-dealkylation sites (N-methyl/N-ethyl adjacent to an activating group) is 2. The maximum Gasteiger partial charge on any atom is 0.255 e. The molecule has 0 saturated heterocycles. The first-order valence-corrected chi connectivity index (χ1v) is 27.7. The topological polar surface area (TPSA) is 401 Å². The van der Waals surface area contributed by atoms with Crippen molar-refractivity contribution < 1.29 is 79.2 Å². The van der Waals surface area contributed by atoms with Gasteiger partial charge in [0.15, 0.2) is 22.8 Å². The van der Waals surface area contributed by atoms with Crippen LogP contribution in [0.1, 0.15) is 55.8 Å². The molecule has 15 N–H and O–H groups in total. The minimum Gasteiger partial charge on any atom is -0.508 e. The number of hydrogen-bond donors (Lipinski definition) is 12. The first kappa shape index (κ1) is 64.1. The van der Waals surface area contributed by atoms with Crippen molar-refractivity contribution >= 4 is 80.6 Å². The normalized spacial score (nSPS) is 26.2. The molecule has 4 aromatic rings. The van der Waals surface area contributed by atoms with E-state index in [1.165, 1.54) is 36.0 Å². The predicted octanol–water partition coefficient (Wildman–Crippen LogP) is 2.25. The van der Waals surface area contributed by atoms with Crippen molar-refractivity contribution in [2.75, 3.05) is 79.3 Å². The summed E-state index contributed by atoms with van der Waals surface area (Å²) >= 11 is 5.16. The molecule has 0 aliphatic heterocycles. The fraction of sp³-hybridized carbons (Fsp3) is 0.355. The Balaban J connectivity index is 0.000000200. The van der Waals surface area contributed by atoms with E-state index in [2.05, 4.69) is 5.32 Å². The number of nitrogens with two attached hydrogens (primary N) is 3. The number of benzene rings is 4. The van der Waals surface area contributed by atoms with E-state index >= 15 is 0 Å². The van der Waals surface area contributed by atoms with Gasteiger partial charge in [-0.2, -0.15) is 0 Å². The number of hydrogen-bond acceptors (Lipinski definition) is 21. The van der Waals surface area contributed by atoms with Crippen LogP contribution >= 0.6 is 11.6 Å². The molecule has 10 rings (SSSR count). The van der Waals surface area contributed by atoms with Crippen LogP contribution in [-0.4, -0.2) is 190 Å². The summed E-state index contributed by atoms with van der Waals surface area (Å²) in [5.41, 5.74) is 9.71.